The average molecular weight is 361 g/mol. The highest BCUT2D eigenvalue weighted by Crippen LogP contribution is 2.32. The minimum absolute atomic E-state index is 0.208. The van der Waals surface area contributed by atoms with E-state index in [0.717, 1.165) is 30.4 Å². The second-order valence-corrected chi connectivity index (χ2v) is 8.24. The van der Waals surface area contributed by atoms with Crippen molar-refractivity contribution in [3.63, 3.8) is 0 Å². The molecule has 6 heteroatoms. The predicted molar refractivity (Wildman–Crippen MR) is 96.7 cm³/mol. The molecule has 0 amide bonds. The molecular formula is C19H23NO4S. The van der Waals surface area contributed by atoms with Gasteiger partial charge in [0, 0.05) is 19.2 Å². The van der Waals surface area contributed by atoms with Crippen LogP contribution in [0, 0.1) is 0 Å². The lowest BCUT2D eigenvalue weighted by atomic mass is 10.1. The van der Waals surface area contributed by atoms with Crippen LogP contribution in [-0.2, 0) is 29.4 Å². The van der Waals surface area contributed by atoms with Gasteiger partial charge >= 0.3 is 0 Å². The topological polar surface area (TPSA) is 55.8 Å². The van der Waals surface area contributed by atoms with E-state index in [4.69, 9.17) is 9.47 Å². The van der Waals surface area contributed by atoms with Crippen LogP contribution in [0.3, 0.4) is 0 Å². The van der Waals surface area contributed by atoms with Gasteiger partial charge in [-0.25, -0.2) is 8.42 Å². The Hall–Kier alpha value is -2.05. The van der Waals surface area contributed by atoms with Crippen molar-refractivity contribution in [2.24, 2.45) is 0 Å². The zero-order valence-electron chi connectivity index (χ0n) is 14.8. The monoisotopic (exact) mass is 361 g/mol. The van der Waals surface area contributed by atoms with Crippen molar-refractivity contribution in [2.45, 2.75) is 30.7 Å². The molecule has 0 aromatic heterocycles. The largest absolute Gasteiger partial charge is 0.493 e. The molecule has 5 nitrogen and oxygen atoms in total. The highest BCUT2D eigenvalue weighted by molar-refractivity contribution is 7.89. The van der Waals surface area contributed by atoms with Gasteiger partial charge in [0.2, 0.25) is 10.0 Å². The van der Waals surface area contributed by atoms with Gasteiger partial charge in [-0.1, -0.05) is 18.2 Å². The van der Waals surface area contributed by atoms with Crippen LogP contribution in [0.25, 0.3) is 0 Å². The Morgan fingerprint density at radius 1 is 1.04 bits per heavy atom. The van der Waals surface area contributed by atoms with E-state index in [0.29, 0.717) is 16.4 Å². The summed E-state index contributed by atoms with van der Waals surface area (Å²) in [6.07, 6.45) is 3.08. The minimum atomic E-state index is -3.57. The van der Waals surface area contributed by atoms with Crippen LogP contribution in [0.2, 0.25) is 0 Å². The van der Waals surface area contributed by atoms with E-state index in [1.165, 1.54) is 9.87 Å². The lowest BCUT2D eigenvalue weighted by Crippen LogP contribution is -2.26. The molecule has 25 heavy (non-hydrogen) atoms. The normalized spacial score (nSPS) is 13.8. The van der Waals surface area contributed by atoms with E-state index in [-0.39, 0.29) is 6.54 Å². The van der Waals surface area contributed by atoms with Crippen LogP contribution in [0.1, 0.15) is 23.1 Å². The summed E-state index contributed by atoms with van der Waals surface area (Å²) in [6.45, 7) is 0.208. The van der Waals surface area contributed by atoms with E-state index < -0.39 is 10.0 Å². The Kier molecular flexibility index (Phi) is 5.01. The molecule has 0 saturated carbocycles. The molecule has 2 aromatic carbocycles. The van der Waals surface area contributed by atoms with Crippen molar-refractivity contribution in [1.82, 2.24) is 4.31 Å². The van der Waals surface area contributed by atoms with Crippen molar-refractivity contribution >= 4 is 10.0 Å². The number of hydrogen-bond acceptors (Lipinski definition) is 4. The third-order valence-electron chi connectivity index (χ3n) is 4.66. The maximum absolute atomic E-state index is 12.9. The van der Waals surface area contributed by atoms with Crippen LogP contribution in [0.5, 0.6) is 11.5 Å². The second kappa shape index (κ2) is 7.06. The van der Waals surface area contributed by atoms with Crippen molar-refractivity contribution in [3.05, 3.63) is 53.1 Å². The third-order valence-corrected chi connectivity index (χ3v) is 6.46. The highest BCUT2D eigenvalue weighted by atomic mass is 32.2. The molecule has 3 rings (SSSR count). The van der Waals surface area contributed by atoms with Crippen LogP contribution < -0.4 is 9.47 Å². The quantitative estimate of drug-likeness (QED) is 0.794. The van der Waals surface area contributed by atoms with Crippen LogP contribution >= 0.6 is 0 Å². The van der Waals surface area contributed by atoms with Gasteiger partial charge in [0.05, 0.1) is 19.1 Å². The zero-order chi connectivity index (χ0) is 18.0. The molecule has 0 atom stereocenters. The van der Waals surface area contributed by atoms with E-state index in [2.05, 4.69) is 0 Å². The van der Waals surface area contributed by atoms with E-state index in [1.807, 2.05) is 24.3 Å². The Morgan fingerprint density at radius 2 is 1.80 bits per heavy atom. The van der Waals surface area contributed by atoms with Gasteiger partial charge in [-0.05, 0) is 48.6 Å². The lowest BCUT2D eigenvalue weighted by Gasteiger charge is -2.20. The summed E-state index contributed by atoms with van der Waals surface area (Å²) in [5, 5.41) is 0. The lowest BCUT2D eigenvalue weighted by molar-refractivity contribution is 0.347. The molecule has 0 aliphatic heterocycles. The molecule has 2 aromatic rings. The van der Waals surface area contributed by atoms with Crippen molar-refractivity contribution in [2.75, 3.05) is 21.3 Å². The Morgan fingerprint density at radius 3 is 2.52 bits per heavy atom. The summed E-state index contributed by atoms with van der Waals surface area (Å²) in [4.78, 5) is 0.345. The molecule has 0 saturated heterocycles. The molecule has 1 aliphatic carbocycles. The van der Waals surface area contributed by atoms with Crippen LogP contribution in [0.4, 0.5) is 0 Å². The fourth-order valence-corrected chi connectivity index (χ4v) is 4.49. The molecule has 0 bridgehead atoms. The number of fused-ring (bicyclic) bond motifs is 1. The van der Waals surface area contributed by atoms with Crippen LogP contribution in [-0.4, -0.2) is 34.0 Å². The fourth-order valence-electron chi connectivity index (χ4n) is 3.29. The molecule has 0 heterocycles. The molecule has 0 spiro atoms. The van der Waals surface area contributed by atoms with E-state index >= 15 is 0 Å². The van der Waals surface area contributed by atoms with Gasteiger partial charge in [0.25, 0.3) is 0 Å². The van der Waals surface area contributed by atoms with E-state index in [1.54, 1.807) is 33.4 Å². The summed E-state index contributed by atoms with van der Waals surface area (Å²) in [7, 11) is 1.13. The van der Waals surface area contributed by atoms with Crippen molar-refractivity contribution in [3.8, 4) is 11.5 Å². The fraction of sp³-hybridized carbons (Fsp3) is 0.368. The summed E-state index contributed by atoms with van der Waals surface area (Å²) < 4.78 is 37.9. The number of hydrogen-bond donors (Lipinski definition) is 0. The highest BCUT2D eigenvalue weighted by Gasteiger charge is 2.24. The van der Waals surface area contributed by atoms with Gasteiger partial charge in [-0.15, -0.1) is 0 Å². The number of nitrogens with zero attached hydrogens (tertiary/aromatic N) is 1. The minimum Gasteiger partial charge on any atom is -0.493 e. The number of aryl methyl sites for hydroxylation is 2. The molecule has 0 radical (unpaired) electrons. The molecule has 0 fully saturated rings. The van der Waals surface area contributed by atoms with Crippen molar-refractivity contribution < 1.29 is 17.9 Å². The maximum Gasteiger partial charge on any atom is 0.243 e. The van der Waals surface area contributed by atoms with Gasteiger partial charge in [0.15, 0.2) is 11.5 Å². The predicted octanol–water partition coefficient (Wildman–Crippen LogP) is 3.01. The first-order valence-electron chi connectivity index (χ1n) is 8.25. The maximum atomic E-state index is 12.9. The Labute approximate surface area is 149 Å². The second-order valence-electron chi connectivity index (χ2n) is 6.20. The molecule has 0 unspecified atom stereocenters. The molecular weight excluding hydrogens is 338 g/mol. The summed E-state index contributed by atoms with van der Waals surface area (Å²) in [6, 6.07) is 10.9. The zero-order valence-corrected chi connectivity index (χ0v) is 15.6. The summed E-state index contributed by atoms with van der Waals surface area (Å²) in [5.74, 6) is 1.14. The number of methoxy groups -OCH3 is 2. The molecule has 0 N–H and O–H groups in total. The first kappa shape index (κ1) is 17.8. The number of rotatable bonds is 6. The molecule has 134 valence electrons. The number of benzene rings is 2. The van der Waals surface area contributed by atoms with Gasteiger partial charge in [0.1, 0.15) is 0 Å². The Balaban J connectivity index is 1.89. The van der Waals surface area contributed by atoms with E-state index in [9.17, 15) is 8.42 Å². The van der Waals surface area contributed by atoms with Crippen molar-refractivity contribution in [1.29, 1.82) is 0 Å². The average Bonchev–Trinajstić information content (AvgIpc) is 3.09. The smallest absolute Gasteiger partial charge is 0.243 e. The first-order chi connectivity index (χ1) is 12.0. The number of ether oxygens (including phenoxy) is 2. The van der Waals surface area contributed by atoms with Crippen LogP contribution in [0.15, 0.2) is 41.3 Å². The van der Waals surface area contributed by atoms with Gasteiger partial charge in [-0.2, -0.15) is 4.31 Å². The number of sulfonamides is 1. The SMILES string of the molecule is COc1cccc(CN(C)S(=O)(=O)c2ccc3c(c2)CCC3)c1OC. The summed E-state index contributed by atoms with van der Waals surface area (Å²) in [5.41, 5.74) is 3.17. The third kappa shape index (κ3) is 3.37. The summed E-state index contributed by atoms with van der Waals surface area (Å²) >= 11 is 0. The van der Waals surface area contributed by atoms with Gasteiger partial charge < -0.3 is 9.47 Å². The first-order valence-corrected chi connectivity index (χ1v) is 9.69. The van der Waals surface area contributed by atoms with Gasteiger partial charge in [-0.3, -0.25) is 0 Å². The molecule has 1 aliphatic rings. The Bertz CT molecular complexity index is 877. The standard InChI is InChI=1S/C19H23NO4S/c1-20(13-16-8-5-9-18(23-2)19(16)24-3)25(21,22)17-11-10-14-6-4-7-15(14)12-17/h5,8-12H,4,6-7,13H2,1-3H3. The number of para-hydroxylation sites is 1.